The molecule has 1 aromatic carbocycles. The molecule has 188 valence electrons. The Bertz CT molecular complexity index is 815. The number of primary amides is 1. The number of carbonyl (C=O) groups is 5. The third-order valence-corrected chi connectivity index (χ3v) is 5.15. The zero-order chi connectivity index (χ0) is 25.5. The second-order valence-corrected chi connectivity index (χ2v) is 7.63. The first kappa shape index (κ1) is 28.4. The van der Waals surface area contributed by atoms with E-state index in [0.29, 0.717) is 25.8 Å². The predicted molar refractivity (Wildman–Crippen MR) is 121 cm³/mol. The van der Waals surface area contributed by atoms with Gasteiger partial charge in [-0.2, -0.15) is 0 Å². The average Bonchev–Trinajstić information content (AvgIpc) is 2.83. The van der Waals surface area contributed by atoms with Gasteiger partial charge in [0.1, 0.15) is 12.6 Å². The molecular weight excluding hydrogens is 446 g/mol. The highest BCUT2D eigenvalue weighted by Gasteiger charge is 2.41. The first-order valence-electron chi connectivity index (χ1n) is 10.9. The van der Waals surface area contributed by atoms with E-state index in [-0.39, 0.29) is 13.0 Å². The standard InChI is InChI=1S/C23H33N3O8/c1-15(18(21(29)32-2)22(30)33-3)19(20(24)28)26-17(27)12-8-5-9-13-25-23(31)34-14-16-10-6-4-7-11-16/h4,6-7,10-11,15,18-19H,5,8-9,12-14H2,1-3H3,(H2,24,28)(H,25,31)(H,26,27)/t15-,19+/m0/s1. The summed E-state index contributed by atoms with van der Waals surface area (Å²) >= 11 is 0. The molecule has 0 aliphatic carbocycles. The van der Waals surface area contributed by atoms with Gasteiger partial charge in [0, 0.05) is 18.9 Å². The van der Waals surface area contributed by atoms with Crippen molar-refractivity contribution in [3.05, 3.63) is 35.9 Å². The van der Waals surface area contributed by atoms with Gasteiger partial charge in [0.25, 0.3) is 0 Å². The van der Waals surface area contributed by atoms with Crippen molar-refractivity contribution in [3.8, 4) is 0 Å². The number of ether oxygens (including phenoxy) is 3. The van der Waals surface area contributed by atoms with Crippen LogP contribution >= 0.6 is 0 Å². The van der Waals surface area contributed by atoms with Crippen LogP contribution in [0.3, 0.4) is 0 Å². The average molecular weight is 480 g/mol. The first-order chi connectivity index (χ1) is 16.2. The van der Waals surface area contributed by atoms with Crippen LogP contribution in [0.4, 0.5) is 4.79 Å². The second kappa shape index (κ2) is 15.3. The predicted octanol–water partition coefficient (Wildman–Crippen LogP) is 1.04. The number of rotatable bonds is 14. The van der Waals surface area contributed by atoms with Crippen LogP contribution in [0.25, 0.3) is 0 Å². The van der Waals surface area contributed by atoms with Crippen LogP contribution in [-0.2, 0) is 40.0 Å². The maximum absolute atomic E-state index is 12.3. The van der Waals surface area contributed by atoms with Crippen molar-refractivity contribution in [1.29, 1.82) is 0 Å². The fourth-order valence-corrected chi connectivity index (χ4v) is 3.23. The number of benzene rings is 1. The lowest BCUT2D eigenvalue weighted by Crippen LogP contribution is -2.52. The summed E-state index contributed by atoms with van der Waals surface area (Å²) in [6, 6.07) is 8.03. The first-order valence-corrected chi connectivity index (χ1v) is 10.9. The molecule has 11 heteroatoms. The van der Waals surface area contributed by atoms with Gasteiger partial charge in [-0.25, -0.2) is 4.79 Å². The molecule has 0 spiro atoms. The Morgan fingerprint density at radius 3 is 2.12 bits per heavy atom. The van der Waals surface area contributed by atoms with Crippen molar-refractivity contribution in [2.45, 2.75) is 45.3 Å². The highest BCUT2D eigenvalue weighted by Crippen LogP contribution is 2.20. The Hall–Kier alpha value is -3.63. The molecule has 0 radical (unpaired) electrons. The van der Waals surface area contributed by atoms with E-state index in [9.17, 15) is 24.0 Å². The molecule has 0 saturated heterocycles. The summed E-state index contributed by atoms with van der Waals surface area (Å²) in [6.07, 6.45) is 1.32. The summed E-state index contributed by atoms with van der Waals surface area (Å²) in [7, 11) is 2.20. The number of hydrogen-bond donors (Lipinski definition) is 3. The minimum atomic E-state index is -1.42. The highest BCUT2D eigenvalue weighted by atomic mass is 16.6. The van der Waals surface area contributed by atoms with Gasteiger partial charge in [0.2, 0.25) is 11.8 Å². The van der Waals surface area contributed by atoms with E-state index in [0.717, 1.165) is 19.8 Å². The Morgan fingerprint density at radius 1 is 0.941 bits per heavy atom. The Morgan fingerprint density at radius 2 is 1.56 bits per heavy atom. The monoisotopic (exact) mass is 479 g/mol. The van der Waals surface area contributed by atoms with Crippen LogP contribution in [0.2, 0.25) is 0 Å². The van der Waals surface area contributed by atoms with E-state index in [1.807, 2.05) is 30.3 Å². The lowest BCUT2D eigenvalue weighted by Gasteiger charge is -2.26. The van der Waals surface area contributed by atoms with Gasteiger partial charge in [-0.3, -0.25) is 19.2 Å². The lowest BCUT2D eigenvalue weighted by atomic mass is 9.86. The molecular formula is C23H33N3O8. The van der Waals surface area contributed by atoms with Gasteiger partial charge in [0.05, 0.1) is 14.2 Å². The van der Waals surface area contributed by atoms with E-state index in [1.54, 1.807) is 0 Å². The minimum Gasteiger partial charge on any atom is -0.468 e. The fourth-order valence-electron chi connectivity index (χ4n) is 3.23. The summed E-state index contributed by atoms with van der Waals surface area (Å²) in [6.45, 7) is 1.99. The Kier molecular flexibility index (Phi) is 12.7. The summed E-state index contributed by atoms with van der Waals surface area (Å²) in [4.78, 5) is 59.8. The number of esters is 2. The molecule has 34 heavy (non-hydrogen) atoms. The SMILES string of the molecule is COC(=O)C(C(=O)OC)[C@H](C)[C@@H](NC(=O)CCCCCNC(=O)OCc1ccccc1)C(N)=O. The lowest BCUT2D eigenvalue weighted by molar-refractivity contribution is -0.162. The van der Waals surface area contributed by atoms with Gasteiger partial charge >= 0.3 is 18.0 Å². The van der Waals surface area contributed by atoms with Gasteiger partial charge in [0.15, 0.2) is 5.92 Å². The van der Waals surface area contributed by atoms with E-state index < -0.39 is 47.7 Å². The van der Waals surface area contributed by atoms with E-state index in [2.05, 4.69) is 20.1 Å². The van der Waals surface area contributed by atoms with Crippen molar-refractivity contribution >= 4 is 29.8 Å². The number of nitrogens with one attached hydrogen (secondary N) is 2. The molecule has 0 aliphatic rings. The summed E-state index contributed by atoms with van der Waals surface area (Å²) < 4.78 is 14.3. The molecule has 0 aromatic heterocycles. The second-order valence-electron chi connectivity index (χ2n) is 7.63. The number of carbonyl (C=O) groups excluding carboxylic acids is 5. The number of nitrogens with two attached hydrogens (primary N) is 1. The molecule has 1 aromatic rings. The van der Waals surface area contributed by atoms with Crippen LogP contribution in [0.15, 0.2) is 30.3 Å². The van der Waals surface area contributed by atoms with Crippen molar-refractivity contribution < 1.29 is 38.2 Å². The number of unbranched alkanes of at least 4 members (excludes halogenated alkanes) is 2. The number of hydrogen-bond acceptors (Lipinski definition) is 8. The van der Waals surface area contributed by atoms with E-state index in [1.165, 1.54) is 6.92 Å². The van der Waals surface area contributed by atoms with Crippen molar-refractivity contribution in [2.75, 3.05) is 20.8 Å². The molecule has 0 fully saturated rings. The Balaban J connectivity index is 2.37. The maximum atomic E-state index is 12.3. The van der Waals surface area contributed by atoms with E-state index in [4.69, 9.17) is 10.5 Å². The molecule has 0 bridgehead atoms. The zero-order valence-corrected chi connectivity index (χ0v) is 19.7. The third kappa shape index (κ3) is 9.88. The topological polar surface area (TPSA) is 163 Å². The molecule has 3 amide bonds. The molecule has 1 rings (SSSR count). The minimum absolute atomic E-state index is 0.0933. The van der Waals surface area contributed by atoms with Gasteiger partial charge in [-0.1, -0.05) is 43.7 Å². The summed E-state index contributed by atoms with van der Waals surface area (Å²) in [5.74, 6) is -5.53. The maximum Gasteiger partial charge on any atom is 0.407 e. The molecule has 0 unspecified atom stereocenters. The van der Waals surface area contributed by atoms with Crippen LogP contribution in [0.5, 0.6) is 0 Å². The molecule has 0 aliphatic heterocycles. The molecule has 4 N–H and O–H groups in total. The summed E-state index contributed by atoms with van der Waals surface area (Å²) in [5, 5.41) is 5.11. The molecule has 11 nitrogen and oxygen atoms in total. The normalized spacial score (nSPS) is 12.2. The number of methoxy groups -OCH3 is 2. The largest absolute Gasteiger partial charge is 0.468 e. The zero-order valence-electron chi connectivity index (χ0n) is 19.7. The van der Waals surface area contributed by atoms with Gasteiger partial charge < -0.3 is 30.6 Å². The van der Waals surface area contributed by atoms with Crippen molar-refractivity contribution in [1.82, 2.24) is 10.6 Å². The fraction of sp³-hybridized carbons (Fsp3) is 0.522. The number of amides is 3. The Labute approximate surface area is 198 Å². The van der Waals surface area contributed by atoms with Crippen LogP contribution < -0.4 is 16.4 Å². The molecule has 0 saturated carbocycles. The van der Waals surface area contributed by atoms with E-state index >= 15 is 0 Å². The van der Waals surface area contributed by atoms with Gasteiger partial charge in [-0.05, 0) is 18.4 Å². The molecule has 0 heterocycles. The number of alkyl carbamates (subject to hydrolysis) is 1. The summed E-state index contributed by atoms with van der Waals surface area (Å²) in [5.41, 5.74) is 6.27. The van der Waals surface area contributed by atoms with Crippen molar-refractivity contribution in [3.63, 3.8) is 0 Å². The van der Waals surface area contributed by atoms with Gasteiger partial charge in [-0.15, -0.1) is 0 Å². The third-order valence-electron chi connectivity index (χ3n) is 5.15. The van der Waals surface area contributed by atoms with Crippen LogP contribution in [0, 0.1) is 11.8 Å². The quantitative estimate of drug-likeness (QED) is 0.154. The highest BCUT2D eigenvalue weighted by molar-refractivity contribution is 5.97. The smallest absolute Gasteiger partial charge is 0.407 e. The molecule has 2 atom stereocenters. The van der Waals surface area contributed by atoms with Crippen LogP contribution in [-0.4, -0.2) is 56.7 Å². The van der Waals surface area contributed by atoms with Crippen molar-refractivity contribution in [2.24, 2.45) is 17.6 Å². The van der Waals surface area contributed by atoms with Crippen LogP contribution in [0.1, 0.15) is 38.2 Å².